The Kier molecular flexibility index (Phi) is 6.26. The number of halogens is 1. The van der Waals surface area contributed by atoms with Crippen LogP contribution in [0, 0.1) is 5.92 Å². The minimum Gasteiger partial charge on any atom is -0.394 e. The van der Waals surface area contributed by atoms with Gasteiger partial charge in [-0.05, 0) is 12.8 Å². The summed E-state index contributed by atoms with van der Waals surface area (Å²) < 4.78 is 2.89. The van der Waals surface area contributed by atoms with Crippen LogP contribution in [0.1, 0.15) is 24.6 Å². The third-order valence-electron chi connectivity index (χ3n) is 4.75. The van der Waals surface area contributed by atoms with Crippen LogP contribution in [0.3, 0.4) is 0 Å². The maximum atomic E-state index is 11.8. The van der Waals surface area contributed by atoms with Crippen LogP contribution in [0.15, 0.2) is 9.79 Å². The highest BCUT2D eigenvalue weighted by molar-refractivity contribution is 14.0. The van der Waals surface area contributed by atoms with Gasteiger partial charge in [0.25, 0.3) is 0 Å². The zero-order chi connectivity index (χ0) is 16.6. The van der Waals surface area contributed by atoms with Crippen LogP contribution in [-0.4, -0.2) is 62.4 Å². The lowest BCUT2D eigenvalue weighted by Gasteiger charge is -2.16. The summed E-state index contributed by atoms with van der Waals surface area (Å²) in [6.07, 6.45) is 0.950. The molecule has 0 spiro atoms. The smallest absolute Gasteiger partial charge is 0.345 e. The molecule has 0 aromatic carbocycles. The molecular formula is C14H25IN6O3. The summed E-state index contributed by atoms with van der Waals surface area (Å²) in [7, 11) is 3.35. The molecule has 0 bridgehead atoms. The van der Waals surface area contributed by atoms with Gasteiger partial charge in [-0.25, -0.2) is 9.48 Å². The second kappa shape index (κ2) is 7.83. The molecule has 24 heavy (non-hydrogen) atoms. The molecule has 10 heteroatoms. The standard InChI is InChI=1S/C14H24N6O3.HI/c1-19-12(18-20(2)14(19)23)8-3-9(11(22)4-8)5-15-13-16-6-10(7-21)17-13;/h8-11,21-22H,3-7H2,1-2H3,(H2,15,16,17);1H/t8-,9+,10-,11+;/m0./s1. The van der Waals surface area contributed by atoms with Crippen molar-refractivity contribution in [3.63, 3.8) is 0 Å². The Morgan fingerprint density at radius 1 is 1.38 bits per heavy atom. The van der Waals surface area contributed by atoms with Crippen molar-refractivity contribution in [2.75, 3.05) is 19.7 Å². The number of guanidine groups is 1. The van der Waals surface area contributed by atoms with Gasteiger partial charge in [0, 0.05) is 32.5 Å². The number of aliphatic hydroxyl groups is 2. The fraction of sp³-hybridized carbons (Fsp3) is 0.786. The zero-order valence-corrected chi connectivity index (χ0v) is 16.2. The zero-order valence-electron chi connectivity index (χ0n) is 13.8. The topological polar surface area (TPSA) is 117 Å². The molecule has 0 unspecified atom stereocenters. The van der Waals surface area contributed by atoms with Gasteiger partial charge >= 0.3 is 5.69 Å². The first kappa shape index (κ1) is 19.2. The van der Waals surface area contributed by atoms with Crippen molar-refractivity contribution in [1.29, 1.82) is 0 Å². The van der Waals surface area contributed by atoms with E-state index in [0.29, 0.717) is 25.5 Å². The summed E-state index contributed by atoms with van der Waals surface area (Å²) in [5, 5.41) is 29.9. The number of nitrogens with zero attached hydrogens (tertiary/aromatic N) is 4. The molecule has 1 fully saturated rings. The predicted octanol–water partition coefficient (Wildman–Crippen LogP) is -1.50. The fourth-order valence-corrected chi connectivity index (χ4v) is 3.39. The van der Waals surface area contributed by atoms with Crippen LogP contribution in [0.2, 0.25) is 0 Å². The maximum Gasteiger partial charge on any atom is 0.345 e. The summed E-state index contributed by atoms with van der Waals surface area (Å²) in [6.45, 7) is 1.21. The van der Waals surface area contributed by atoms with E-state index in [1.807, 2.05) is 0 Å². The SMILES string of the molecule is Cn1nc([C@H]2C[C@H](CNC3=NC[C@@H](CO)N3)[C@H](O)C2)n(C)c1=O.I. The highest BCUT2D eigenvalue weighted by atomic mass is 127. The minimum absolute atomic E-state index is 0. The quantitative estimate of drug-likeness (QED) is 0.414. The third kappa shape index (κ3) is 3.75. The number of aryl methyl sites for hydroxylation is 1. The van der Waals surface area contributed by atoms with Crippen molar-refractivity contribution in [2.24, 2.45) is 25.0 Å². The van der Waals surface area contributed by atoms with E-state index in [-0.39, 0.29) is 54.2 Å². The first-order valence-electron chi connectivity index (χ1n) is 7.93. The van der Waals surface area contributed by atoms with Gasteiger partial charge in [-0.15, -0.1) is 24.0 Å². The number of rotatable bonds is 4. The van der Waals surface area contributed by atoms with Crippen molar-refractivity contribution >= 4 is 29.9 Å². The Morgan fingerprint density at radius 3 is 2.71 bits per heavy atom. The summed E-state index contributed by atoms with van der Waals surface area (Å²) in [5.74, 6) is 1.56. The molecule has 136 valence electrons. The van der Waals surface area contributed by atoms with Gasteiger partial charge in [-0.3, -0.25) is 9.56 Å². The minimum atomic E-state index is -0.430. The van der Waals surface area contributed by atoms with Crippen LogP contribution in [0.4, 0.5) is 0 Å². The van der Waals surface area contributed by atoms with Crippen molar-refractivity contribution in [3.8, 4) is 0 Å². The molecule has 1 aliphatic carbocycles. The van der Waals surface area contributed by atoms with Crippen molar-refractivity contribution in [3.05, 3.63) is 16.3 Å². The average Bonchev–Trinajstić information content (AvgIpc) is 3.20. The van der Waals surface area contributed by atoms with Crippen molar-refractivity contribution < 1.29 is 10.2 Å². The lowest BCUT2D eigenvalue weighted by Crippen LogP contribution is -2.43. The van der Waals surface area contributed by atoms with E-state index < -0.39 is 6.10 Å². The second-order valence-corrected chi connectivity index (χ2v) is 6.41. The van der Waals surface area contributed by atoms with E-state index in [0.717, 1.165) is 12.2 Å². The van der Waals surface area contributed by atoms with Gasteiger partial charge in [0.15, 0.2) is 5.96 Å². The van der Waals surface area contributed by atoms with Gasteiger partial charge in [0.05, 0.1) is 25.3 Å². The maximum absolute atomic E-state index is 11.8. The van der Waals surface area contributed by atoms with Gasteiger partial charge in [0.2, 0.25) is 0 Å². The van der Waals surface area contributed by atoms with Crippen LogP contribution in [0.5, 0.6) is 0 Å². The molecule has 3 rings (SSSR count). The first-order chi connectivity index (χ1) is 11.0. The highest BCUT2D eigenvalue weighted by Crippen LogP contribution is 2.36. The summed E-state index contributed by atoms with van der Waals surface area (Å²) in [5.41, 5.74) is -0.143. The lowest BCUT2D eigenvalue weighted by molar-refractivity contribution is 0.133. The molecule has 1 aliphatic heterocycles. The molecule has 9 nitrogen and oxygen atoms in total. The molecule has 4 atom stereocenters. The van der Waals surface area contributed by atoms with E-state index in [1.165, 1.54) is 4.68 Å². The molecule has 1 aromatic heterocycles. The molecule has 0 amide bonds. The average molecular weight is 452 g/mol. The Morgan fingerprint density at radius 2 is 2.12 bits per heavy atom. The molecule has 0 saturated heterocycles. The van der Waals surface area contributed by atoms with E-state index in [1.54, 1.807) is 18.7 Å². The van der Waals surface area contributed by atoms with E-state index in [9.17, 15) is 9.90 Å². The van der Waals surface area contributed by atoms with Crippen LogP contribution < -0.4 is 16.3 Å². The Labute approximate surface area is 157 Å². The molecule has 1 saturated carbocycles. The molecule has 1 aromatic rings. The normalized spacial score (nSPS) is 29.1. The van der Waals surface area contributed by atoms with Crippen LogP contribution in [0.25, 0.3) is 0 Å². The Hall–Kier alpha value is -1.14. The van der Waals surface area contributed by atoms with Crippen molar-refractivity contribution in [1.82, 2.24) is 25.0 Å². The van der Waals surface area contributed by atoms with E-state index in [2.05, 4.69) is 20.7 Å². The summed E-state index contributed by atoms with van der Waals surface area (Å²) in [4.78, 5) is 16.1. The third-order valence-corrected chi connectivity index (χ3v) is 4.75. The number of hydrogen-bond acceptors (Lipinski definition) is 7. The first-order valence-corrected chi connectivity index (χ1v) is 7.93. The molecule has 2 aliphatic rings. The second-order valence-electron chi connectivity index (χ2n) is 6.41. The molecule has 4 N–H and O–H groups in total. The highest BCUT2D eigenvalue weighted by Gasteiger charge is 2.36. The monoisotopic (exact) mass is 452 g/mol. The van der Waals surface area contributed by atoms with E-state index in [4.69, 9.17) is 5.11 Å². The summed E-state index contributed by atoms with van der Waals surface area (Å²) in [6, 6.07) is -0.0261. The van der Waals surface area contributed by atoms with Gasteiger partial charge in [-0.1, -0.05) is 0 Å². The molecule has 0 radical (unpaired) electrons. The number of hydrogen-bond donors (Lipinski definition) is 4. The number of aliphatic hydroxyl groups excluding tert-OH is 2. The van der Waals surface area contributed by atoms with Crippen LogP contribution >= 0.6 is 24.0 Å². The Bertz CT molecular complexity index is 657. The largest absolute Gasteiger partial charge is 0.394 e. The van der Waals surface area contributed by atoms with Gasteiger partial charge in [0.1, 0.15) is 5.82 Å². The van der Waals surface area contributed by atoms with E-state index >= 15 is 0 Å². The van der Waals surface area contributed by atoms with Crippen LogP contribution in [-0.2, 0) is 14.1 Å². The van der Waals surface area contributed by atoms with Gasteiger partial charge < -0.3 is 20.8 Å². The van der Waals surface area contributed by atoms with Gasteiger partial charge in [-0.2, -0.15) is 5.10 Å². The predicted molar refractivity (Wildman–Crippen MR) is 99.7 cm³/mol. The Balaban J connectivity index is 0.00000208. The summed E-state index contributed by atoms with van der Waals surface area (Å²) >= 11 is 0. The number of aromatic nitrogens is 3. The molecular weight excluding hydrogens is 427 g/mol. The van der Waals surface area contributed by atoms with Crippen molar-refractivity contribution in [2.45, 2.75) is 30.9 Å². The number of aliphatic imine (C=N–C) groups is 1. The molecule has 2 heterocycles. The number of nitrogens with one attached hydrogen (secondary N) is 2. The fourth-order valence-electron chi connectivity index (χ4n) is 3.39. The lowest BCUT2D eigenvalue weighted by atomic mass is 10.0.